The third kappa shape index (κ3) is 4.94. The summed E-state index contributed by atoms with van der Waals surface area (Å²) in [6.45, 7) is 0.786. The molecule has 0 amide bonds. The van der Waals surface area contributed by atoms with Gasteiger partial charge in [-0.25, -0.2) is 0 Å². The average Bonchev–Trinajstić information content (AvgIpc) is 2.81. The second-order valence-corrected chi connectivity index (χ2v) is 6.90. The second-order valence-electron chi connectivity index (χ2n) is 6.90. The topological polar surface area (TPSA) is 3.24 Å². The fraction of sp³-hybridized carbons (Fsp3) is 0.0714. The average molecular weight is 373 g/mol. The number of anilines is 1. The number of nitrogens with zero attached hydrogens (tertiary/aromatic N) is 1. The molecule has 0 saturated carbocycles. The molecule has 0 aliphatic carbocycles. The van der Waals surface area contributed by atoms with Crippen molar-refractivity contribution in [1.82, 2.24) is 0 Å². The van der Waals surface area contributed by atoms with Gasteiger partial charge in [-0.3, -0.25) is 0 Å². The third-order valence-corrected chi connectivity index (χ3v) is 4.84. The molecule has 0 radical (unpaired) electrons. The molecule has 1 nitrogen and oxygen atoms in total. The molecule has 0 heterocycles. The van der Waals surface area contributed by atoms with Crippen molar-refractivity contribution < 1.29 is 0 Å². The Kier molecular flexibility index (Phi) is 6.05. The van der Waals surface area contributed by atoms with Crippen LogP contribution in [0.5, 0.6) is 0 Å². The van der Waals surface area contributed by atoms with Crippen molar-refractivity contribution >= 4 is 5.69 Å². The summed E-state index contributed by atoms with van der Waals surface area (Å²) in [6, 6.07) is 41.8. The molecule has 0 bridgehead atoms. The highest BCUT2D eigenvalue weighted by Gasteiger charge is 2.19. The van der Waals surface area contributed by atoms with E-state index < -0.39 is 0 Å². The van der Waals surface area contributed by atoms with Crippen LogP contribution in [0.3, 0.4) is 0 Å². The van der Waals surface area contributed by atoms with E-state index >= 15 is 0 Å². The van der Waals surface area contributed by atoms with E-state index in [2.05, 4.69) is 120 Å². The van der Waals surface area contributed by atoms with Crippen molar-refractivity contribution in [1.29, 1.82) is 0 Å². The Morgan fingerprint density at radius 2 is 1.10 bits per heavy atom. The SMILES string of the molecule is C(#CC(c1ccccc1)N(Cc1ccccc1)c1ccccc1)c1ccccc1. The molecule has 0 aliphatic rings. The Morgan fingerprint density at radius 3 is 1.72 bits per heavy atom. The van der Waals surface area contributed by atoms with Crippen molar-refractivity contribution in [3.63, 3.8) is 0 Å². The van der Waals surface area contributed by atoms with Crippen LogP contribution in [-0.2, 0) is 6.54 Å². The molecule has 1 unspecified atom stereocenters. The van der Waals surface area contributed by atoms with E-state index in [0.717, 1.165) is 17.8 Å². The van der Waals surface area contributed by atoms with Gasteiger partial charge in [-0.15, -0.1) is 0 Å². The van der Waals surface area contributed by atoms with Crippen LogP contribution < -0.4 is 4.90 Å². The summed E-state index contributed by atoms with van der Waals surface area (Å²) < 4.78 is 0. The third-order valence-electron chi connectivity index (χ3n) is 4.84. The van der Waals surface area contributed by atoms with Crippen LogP contribution in [0.15, 0.2) is 121 Å². The Labute approximate surface area is 173 Å². The fourth-order valence-corrected chi connectivity index (χ4v) is 3.38. The van der Waals surface area contributed by atoms with Gasteiger partial charge in [0.15, 0.2) is 0 Å². The maximum atomic E-state index is 3.55. The molecule has 4 aromatic carbocycles. The molecule has 0 saturated heterocycles. The van der Waals surface area contributed by atoms with Crippen molar-refractivity contribution in [2.45, 2.75) is 12.6 Å². The van der Waals surface area contributed by atoms with Crippen molar-refractivity contribution in [3.05, 3.63) is 138 Å². The van der Waals surface area contributed by atoms with Gasteiger partial charge >= 0.3 is 0 Å². The molecule has 0 spiro atoms. The molecule has 1 atom stereocenters. The lowest BCUT2D eigenvalue weighted by molar-refractivity contribution is 0.738. The Bertz CT molecular complexity index is 1060. The molecular formula is C28H23N. The second kappa shape index (κ2) is 9.44. The van der Waals surface area contributed by atoms with Crippen LogP contribution in [0.2, 0.25) is 0 Å². The van der Waals surface area contributed by atoms with Crippen molar-refractivity contribution in [2.75, 3.05) is 4.90 Å². The van der Waals surface area contributed by atoms with Gasteiger partial charge < -0.3 is 4.90 Å². The predicted octanol–water partition coefficient (Wildman–Crippen LogP) is 6.49. The lowest BCUT2D eigenvalue weighted by atomic mass is 10.0. The fourth-order valence-electron chi connectivity index (χ4n) is 3.38. The van der Waals surface area contributed by atoms with Gasteiger partial charge in [-0.1, -0.05) is 109 Å². The van der Waals surface area contributed by atoms with Crippen LogP contribution in [0.4, 0.5) is 5.69 Å². The Morgan fingerprint density at radius 1 is 0.586 bits per heavy atom. The summed E-state index contributed by atoms with van der Waals surface area (Å²) in [5.41, 5.74) is 4.64. The summed E-state index contributed by atoms with van der Waals surface area (Å²) in [4.78, 5) is 2.38. The van der Waals surface area contributed by atoms with E-state index in [9.17, 15) is 0 Å². The van der Waals surface area contributed by atoms with Gasteiger partial charge in [-0.2, -0.15) is 0 Å². The summed E-state index contributed by atoms with van der Waals surface area (Å²) in [6.07, 6.45) is 0. The van der Waals surface area contributed by atoms with Crippen molar-refractivity contribution in [2.24, 2.45) is 0 Å². The highest BCUT2D eigenvalue weighted by molar-refractivity contribution is 5.53. The molecule has 0 aliphatic heterocycles. The van der Waals surface area contributed by atoms with E-state index in [1.807, 2.05) is 18.2 Å². The normalized spacial score (nSPS) is 11.2. The minimum atomic E-state index is -0.0565. The van der Waals surface area contributed by atoms with E-state index in [4.69, 9.17) is 0 Å². The summed E-state index contributed by atoms with van der Waals surface area (Å²) in [7, 11) is 0. The molecule has 0 aromatic heterocycles. The van der Waals surface area contributed by atoms with Crippen LogP contribution in [0.25, 0.3) is 0 Å². The summed E-state index contributed by atoms with van der Waals surface area (Å²) >= 11 is 0. The summed E-state index contributed by atoms with van der Waals surface area (Å²) in [5, 5.41) is 0. The first-order valence-electron chi connectivity index (χ1n) is 9.87. The first-order chi connectivity index (χ1) is 14.4. The highest BCUT2D eigenvalue weighted by Crippen LogP contribution is 2.29. The lowest BCUT2D eigenvalue weighted by Crippen LogP contribution is -2.27. The maximum Gasteiger partial charge on any atom is 0.117 e. The zero-order valence-electron chi connectivity index (χ0n) is 16.3. The molecule has 0 fully saturated rings. The number of rotatable bonds is 5. The van der Waals surface area contributed by atoms with Gasteiger partial charge in [0, 0.05) is 17.8 Å². The van der Waals surface area contributed by atoms with Gasteiger partial charge in [0.1, 0.15) is 6.04 Å². The quantitative estimate of drug-likeness (QED) is 0.362. The monoisotopic (exact) mass is 373 g/mol. The largest absolute Gasteiger partial charge is 0.349 e. The highest BCUT2D eigenvalue weighted by atomic mass is 15.2. The van der Waals surface area contributed by atoms with E-state index in [0.29, 0.717) is 0 Å². The van der Waals surface area contributed by atoms with Gasteiger partial charge in [0.2, 0.25) is 0 Å². The molecule has 4 rings (SSSR count). The molecule has 1 heteroatoms. The Hall–Kier alpha value is -3.76. The van der Waals surface area contributed by atoms with E-state index in [1.54, 1.807) is 0 Å². The Balaban J connectivity index is 1.78. The van der Waals surface area contributed by atoms with Crippen LogP contribution in [-0.4, -0.2) is 0 Å². The first-order valence-corrected chi connectivity index (χ1v) is 9.87. The predicted molar refractivity (Wildman–Crippen MR) is 122 cm³/mol. The maximum absolute atomic E-state index is 3.55. The first kappa shape index (κ1) is 18.6. The zero-order valence-corrected chi connectivity index (χ0v) is 16.3. The zero-order chi connectivity index (χ0) is 19.7. The molecule has 140 valence electrons. The van der Waals surface area contributed by atoms with Gasteiger partial charge in [-0.05, 0) is 35.4 Å². The smallest absolute Gasteiger partial charge is 0.117 e. The van der Waals surface area contributed by atoms with Crippen molar-refractivity contribution in [3.8, 4) is 11.8 Å². The lowest BCUT2D eigenvalue weighted by Gasteiger charge is -2.31. The molecule has 4 aromatic rings. The molecule has 0 N–H and O–H groups in total. The number of benzene rings is 4. The number of hydrogen-bond acceptors (Lipinski definition) is 1. The van der Waals surface area contributed by atoms with Gasteiger partial charge in [0.05, 0.1) is 0 Å². The van der Waals surface area contributed by atoms with Gasteiger partial charge in [0.25, 0.3) is 0 Å². The number of hydrogen-bond donors (Lipinski definition) is 0. The van der Waals surface area contributed by atoms with Crippen LogP contribution in [0.1, 0.15) is 22.7 Å². The minimum absolute atomic E-state index is 0.0565. The number of para-hydroxylation sites is 1. The summed E-state index contributed by atoms with van der Waals surface area (Å²) in [5.74, 6) is 6.93. The van der Waals surface area contributed by atoms with E-state index in [-0.39, 0.29) is 6.04 Å². The van der Waals surface area contributed by atoms with E-state index in [1.165, 1.54) is 11.1 Å². The molecular weight excluding hydrogens is 350 g/mol. The molecule has 29 heavy (non-hydrogen) atoms. The standard InChI is InChI=1S/C28H23N/c1-5-13-24(14-6-1)21-22-28(26-17-9-3-10-18-26)29(27-19-11-4-12-20-27)23-25-15-7-2-8-16-25/h1-20,28H,23H2. The van der Waals surface area contributed by atoms with Crippen LogP contribution in [0, 0.1) is 11.8 Å². The minimum Gasteiger partial charge on any atom is -0.349 e. The van der Waals surface area contributed by atoms with Crippen LogP contribution >= 0.6 is 0 Å².